The Balaban J connectivity index is 1.67. The third kappa shape index (κ3) is 2.61. The number of rotatable bonds is 3. The van der Waals surface area contributed by atoms with Crippen LogP contribution in [0.5, 0.6) is 0 Å². The number of nitrogens with zero attached hydrogens (tertiary/aromatic N) is 3. The molecule has 0 radical (unpaired) electrons. The van der Waals surface area contributed by atoms with Gasteiger partial charge in [0, 0.05) is 11.4 Å². The molecule has 0 spiro atoms. The molecule has 6 nitrogen and oxygen atoms in total. The van der Waals surface area contributed by atoms with Gasteiger partial charge in [0.1, 0.15) is 10.7 Å². The molecule has 7 heteroatoms. The van der Waals surface area contributed by atoms with E-state index in [0.717, 1.165) is 53.0 Å². The number of thiophene rings is 1. The van der Waals surface area contributed by atoms with E-state index in [1.165, 1.54) is 16.0 Å². The molecule has 27 heavy (non-hydrogen) atoms. The number of hydrogen-bond donors (Lipinski definition) is 2. The SMILES string of the molecule is CCC(c1nc2ccc(C)cc2[nH]1)n1cnc2sc3c(c2c1=O)CCNC3. The van der Waals surface area contributed by atoms with Gasteiger partial charge in [-0.25, -0.2) is 9.97 Å². The Hall–Kier alpha value is -2.51. The molecule has 5 rings (SSSR count). The minimum absolute atomic E-state index is 0.0443. The first kappa shape index (κ1) is 16.6. The smallest absolute Gasteiger partial charge is 0.263 e. The zero-order valence-electron chi connectivity index (χ0n) is 15.4. The van der Waals surface area contributed by atoms with Crippen LogP contribution in [0.3, 0.4) is 0 Å². The van der Waals surface area contributed by atoms with Gasteiger partial charge in [0.2, 0.25) is 0 Å². The minimum atomic E-state index is -0.153. The zero-order valence-corrected chi connectivity index (χ0v) is 16.2. The lowest BCUT2D eigenvalue weighted by atomic mass is 10.1. The normalized spacial score (nSPS) is 15.3. The van der Waals surface area contributed by atoms with Crippen molar-refractivity contribution < 1.29 is 0 Å². The first-order valence-electron chi connectivity index (χ1n) is 9.34. The number of hydrogen-bond acceptors (Lipinski definition) is 5. The van der Waals surface area contributed by atoms with Crippen molar-refractivity contribution in [1.29, 1.82) is 0 Å². The Kier molecular flexibility index (Phi) is 3.87. The van der Waals surface area contributed by atoms with Crippen molar-refractivity contribution in [1.82, 2.24) is 24.8 Å². The Morgan fingerprint density at radius 2 is 2.26 bits per heavy atom. The molecule has 1 aromatic carbocycles. The molecule has 138 valence electrons. The molecule has 0 saturated carbocycles. The fraction of sp³-hybridized carbons (Fsp3) is 0.350. The van der Waals surface area contributed by atoms with Crippen molar-refractivity contribution in [2.45, 2.75) is 39.3 Å². The first-order valence-corrected chi connectivity index (χ1v) is 10.2. The zero-order chi connectivity index (χ0) is 18.5. The molecular weight excluding hydrogens is 358 g/mol. The number of benzene rings is 1. The van der Waals surface area contributed by atoms with E-state index in [2.05, 4.69) is 41.3 Å². The monoisotopic (exact) mass is 379 g/mol. The van der Waals surface area contributed by atoms with Crippen LogP contribution in [-0.4, -0.2) is 26.1 Å². The molecule has 3 aromatic heterocycles. The standard InChI is InChI=1S/C20H21N5OS/c1-3-15(18-23-13-5-4-11(2)8-14(13)24-18)25-10-22-19-17(20(25)26)12-6-7-21-9-16(12)27-19/h4-5,8,10,15,21H,3,6-7,9H2,1-2H3,(H,23,24). The third-order valence-corrected chi connectivity index (χ3v) is 6.49. The van der Waals surface area contributed by atoms with Gasteiger partial charge in [-0.2, -0.15) is 0 Å². The number of aryl methyl sites for hydroxylation is 1. The van der Waals surface area contributed by atoms with E-state index >= 15 is 0 Å². The van der Waals surface area contributed by atoms with Crippen LogP contribution in [0.15, 0.2) is 29.3 Å². The van der Waals surface area contributed by atoms with Gasteiger partial charge in [0.15, 0.2) is 0 Å². The maximum Gasteiger partial charge on any atom is 0.263 e. The molecular formula is C20H21N5OS. The summed E-state index contributed by atoms with van der Waals surface area (Å²) in [4.78, 5) is 28.2. The fourth-order valence-electron chi connectivity index (χ4n) is 3.97. The van der Waals surface area contributed by atoms with Crippen LogP contribution in [-0.2, 0) is 13.0 Å². The minimum Gasteiger partial charge on any atom is -0.340 e. The average Bonchev–Trinajstić information content (AvgIpc) is 3.25. The van der Waals surface area contributed by atoms with Crippen molar-refractivity contribution in [3.8, 4) is 0 Å². The van der Waals surface area contributed by atoms with Crippen LogP contribution in [0.2, 0.25) is 0 Å². The predicted molar refractivity (Wildman–Crippen MR) is 109 cm³/mol. The van der Waals surface area contributed by atoms with Crippen molar-refractivity contribution in [3.63, 3.8) is 0 Å². The van der Waals surface area contributed by atoms with Gasteiger partial charge in [-0.05, 0) is 49.6 Å². The van der Waals surface area contributed by atoms with E-state index in [4.69, 9.17) is 4.98 Å². The number of imidazole rings is 1. The second-order valence-corrected chi connectivity index (χ2v) is 8.22. The molecule has 0 saturated heterocycles. The first-order chi connectivity index (χ1) is 13.2. The lowest BCUT2D eigenvalue weighted by Gasteiger charge is -2.16. The Labute approximate surface area is 160 Å². The highest BCUT2D eigenvalue weighted by Gasteiger charge is 2.23. The summed E-state index contributed by atoms with van der Waals surface area (Å²) >= 11 is 1.63. The summed E-state index contributed by atoms with van der Waals surface area (Å²) in [5.74, 6) is 0.812. The van der Waals surface area contributed by atoms with Gasteiger partial charge < -0.3 is 10.3 Å². The van der Waals surface area contributed by atoms with Gasteiger partial charge in [0.25, 0.3) is 5.56 Å². The van der Waals surface area contributed by atoms with Crippen LogP contribution in [0.4, 0.5) is 0 Å². The van der Waals surface area contributed by atoms with Crippen LogP contribution in [0.1, 0.15) is 41.2 Å². The molecule has 0 aliphatic carbocycles. The van der Waals surface area contributed by atoms with Gasteiger partial charge >= 0.3 is 0 Å². The summed E-state index contributed by atoms with van der Waals surface area (Å²) in [7, 11) is 0. The topological polar surface area (TPSA) is 75.6 Å². The fourth-order valence-corrected chi connectivity index (χ4v) is 5.12. The van der Waals surface area contributed by atoms with Crippen LogP contribution >= 0.6 is 11.3 Å². The quantitative estimate of drug-likeness (QED) is 0.573. The maximum absolute atomic E-state index is 13.4. The Morgan fingerprint density at radius 3 is 3.11 bits per heavy atom. The number of fused-ring (bicyclic) bond motifs is 4. The van der Waals surface area contributed by atoms with Gasteiger partial charge in [-0.3, -0.25) is 9.36 Å². The molecule has 0 fully saturated rings. The van der Waals surface area contributed by atoms with E-state index in [1.807, 2.05) is 6.07 Å². The van der Waals surface area contributed by atoms with E-state index < -0.39 is 0 Å². The highest BCUT2D eigenvalue weighted by molar-refractivity contribution is 7.18. The number of aromatic amines is 1. The molecule has 1 aliphatic heterocycles. The van der Waals surface area contributed by atoms with Crippen LogP contribution < -0.4 is 10.9 Å². The maximum atomic E-state index is 13.4. The summed E-state index contributed by atoms with van der Waals surface area (Å²) in [6.45, 7) is 5.88. The largest absolute Gasteiger partial charge is 0.340 e. The molecule has 0 bridgehead atoms. The molecule has 1 unspecified atom stereocenters. The Morgan fingerprint density at radius 1 is 1.37 bits per heavy atom. The number of nitrogens with one attached hydrogen (secondary N) is 2. The lowest BCUT2D eigenvalue weighted by Crippen LogP contribution is -2.28. The van der Waals surface area contributed by atoms with Gasteiger partial charge in [0.05, 0.1) is 28.8 Å². The summed E-state index contributed by atoms with van der Waals surface area (Å²) in [6, 6.07) is 6.01. The molecule has 4 aromatic rings. The van der Waals surface area contributed by atoms with Crippen molar-refractivity contribution in [2.75, 3.05) is 6.54 Å². The van der Waals surface area contributed by atoms with Gasteiger partial charge in [-0.15, -0.1) is 11.3 Å². The molecule has 2 N–H and O–H groups in total. The van der Waals surface area contributed by atoms with Crippen LogP contribution in [0.25, 0.3) is 21.3 Å². The second-order valence-electron chi connectivity index (χ2n) is 7.13. The van der Waals surface area contributed by atoms with Crippen LogP contribution in [0, 0.1) is 6.92 Å². The summed E-state index contributed by atoms with van der Waals surface area (Å²) in [5.41, 5.74) is 4.34. The van der Waals surface area contributed by atoms with Gasteiger partial charge in [-0.1, -0.05) is 13.0 Å². The summed E-state index contributed by atoms with van der Waals surface area (Å²) in [6.07, 6.45) is 3.34. The number of H-pyrrole nitrogens is 1. The second kappa shape index (κ2) is 6.28. The highest BCUT2D eigenvalue weighted by Crippen LogP contribution is 2.30. The highest BCUT2D eigenvalue weighted by atomic mass is 32.1. The van der Waals surface area contributed by atoms with Crippen molar-refractivity contribution >= 4 is 32.6 Å². The molecule has 4 heterocycles. The number of aromatic nitrogens is 4. The van der Waals surface area contributed by atoms with E-state index in [0.29, 0.717) is 0 Å². The molecule has 1 atom stereocenters. The lowest BCUT2D eigenvalue weighted by molar-refractivity contribution is 0.521. The van der Waals surface area contributed by atoms with E-state index in [9.17, 15) is 4.79 Å². The van der Waals surface area contributed by atoms with E-state index in [-0.39, 0.29) is 11.6 Å². The Bertz CT molecular complexity index is 1220. The predicted octanol–water partition coefficient (Wildman–Crippen LogP) is 3.29. The van der Waals surface area contributed by atoms with Crippen molar-refractivity contribution in [3.05, 3.63) is 56.7 Å². The van der Waals surface area contributed by atoms with Crippen molar-refractivity contribution in [2.24, 2.45) is 0 Å². The van der Waals surface area contributed by atoms with E-state index in [1.54, 1.807) is 22.2 Å². The molecule has 0 amide bonds. The summed E-state index contributed by atoms with van der Waals surface area (Å²) < 4.78 is 1.75. The third-order valence-electron chi connectivity index (χ3n) is 5.35. The average molecular weight is 379 g/mol. The molecule has 1 aliphatic rings. The summed E-state index contributed by atoms with van der Waals surface area (Å²) in [5, 5.41) is 4.17.